The van der Waals surface area contributed by atoms with Crippen LogP contribution in [0.4, 0.5) is 14.7 Å². The highest BCUT2D eigenvalue weighted by atomic mass is 19.2. The molecule has 1 fully saturated rings. The number of benzene rings is 1. The number of nitrogen functional groups attached to an aromatic ring is 1. The first-order valence-corrected chi connectivity index (χ1v) is 7.12. The number of aromatic nitrogens is 2. The smallest absolute Gasteiger partial charge is 0.201 e. The molecule has 2 N–H and O–H groups in total. The fourth-order valence-corrected chi connectivity index (χ4v) is 3.39. The molecule has 1 saturated carbocycles. The van der Waals surface area contributed by atoms with E-state index in [1.54, 1.807) is 4.57 Å². The van der Waals surface area contributed by atoms with E-state index in [0.717, 1.165) is 18.9 Å². The summed E-state index contributed by atoms with van der Waals surface area (Å²) >= 11 is 0. The van der Waals surface area contributed by atoms with E-state index in [-0.39, 0.29) is 17.5 Å². The van der Waals surface area contributed by atoms with Crippen molar-refractivity contribution in [2.75, 3.05) is 5.73 Å². The van der Waals surface area contributed by atoms with Gasteiger partial charge in [0.15, 0.2) is 11.6 Å². The van der Waals surface area contributed by atoms with Crippen LogP contribution in [0.2, 0.25) is 0 Å². The summed E-state index contributed by atoms with van der Waals surface area (Å²) in [5, 5.41) is 0. The molecule has 0 amide bonds. The van der Waals surface area contributed by atoms with Crippen LogP contribution in [0.3, 0.4) is 0 Å². The van der Waals surface area contributed by atoms with Crippen LogP contribution in [0.25, 0.3) is 11.0 Å². The number of rotatable bonds is 1. The molecule has 1 aromatic heterocycles. The second kappa shape index (κ2) is 4.72. The number of hydrogen-bond donors (Lipinski definition) is 1. The van der Waals surface area contributed by atoms with Gasteiger partial charge in [0.2, 0.25) is 5.95 Å². The molecule has 0 radical (unpaired) electrons. The zero-order valence-electron chi connectivity index (χ0n) is 11.7. The zero-order valence-corrected chi connectivity index (χ0v) is 11.7. The van der Waals surface area contributed by atoms with Crippen molar-refractivity contribution in [3.05, 3.63) is 23.8 Å². The monoisotopic (exact) mass is 279 g/mol. The summed E-state index contributed by atoms with van der Waals surface area (Å²) < 4.78 is 29.4. The standard InChI is InChI=1S/C15H19F2N3/c1-8-4-3-5-12(9(8)2)20-14-11(19-15(20)18)7-6-10(16)13(14)17/h6-9,12H,3-5H2,1-2H3,(H2,18,19). The lowest BCUT2D eigenvalue weighted by Crippen LogP contribution is -2.28. The van der Waals surface area contributed by atoms with E-state index in [4.69, 9.17) is 5.73 Å². The lowest BCUT2D eigenvalue weighted by atomic mass is 9.78. The van der Waals surface area contributed by atoms with Gasteiger partial charge >= 0.3 is 0 Å². The number of nitrogens with two attached hydrogens (primary N) is 1. The Morgan fingerprint density at radius 3 is 2.75 bits per heavy atom. The Hall–Kier alpha value is -1.65. The van der Waals surface area contributed by atoms with E-state index >= 15 is 0 Å². The molecule has 3 nitrogen and oxygen atoms in total. The van der Waals surface area contributed by atoms with Crippen LogP contribution in [0.5, 0.6) is 0 Å². The van der Waals surface area contributed by atoms with Gasteiger partial charge in [0.05, 0.1) is 5.52 Å². The molecule has 2 aromatic rings. The summed E-state index contributed by atoms with van der Waals surface area (Å²) in [6.45, 7) is 4.35. The molecule has 3 unspecified atom stereocenters. The summed E-state index contributed by atoms with van der Waals surface area (Å²) in [4.78, 5) is 4.18. The summed E-state index contributed by atoms with van der Waals surface area (Å²) in [7, 11) is 0. The minimum atomic E-state index is -0.852. The Labute approximate surface area is 116 Å². The van der Waals surface area contributed by atoms with Crippen molar-refractivity contribution in [3.8, 4) is 0 Å². The van der Waals surface area contributed by atoms with Crippen LogP contribution in [0, 0.1) is 23.5 Å². The van der Waals surface area contributed by atoms with Crippen molar-refractivity contribution in [3.63, 3.8) is 0 Å². The minimum Gasteiger partial charge on any atom is -0.369 e. The molecule has 20 heavy (non-hydrogen) atoms. The largest absolute Gasteiger partial charge is 0.369 e. The summed E-state index contributed by atoms with van der Waals surface area (Å²) in [6.07, 6.45) is 3.17. The number of fused-ring (bicyclic) bond motifs is 1. The summed E-state index contributed by atoms with van der Waals surface area (Å²) in [5.41, 5.74) is 6.60. The Bertz CT molecular complexity index is 650. The first-order chi connectivity index (χ1) is 9.50. The highest BCUT2D eigenvalue weighted by Gasteiger charge is 2.31. The average molecular weight is 279 g/mol. The van der Waals surface area contributed by atoms with Gasteiger partial charge in [-0.3, -0.25) is 0 Å². The van der Waals surface area contributed by atoms with Crippen molar-refractivity contribution in [2.24, 2.45) is 11.8 Å². The van der Waals surface area contributed by atoms with E-state index in [1.807, 2.05) is 0 Å². The lowest BCUT2D eigenvalue weighted by Gasteiger charge is -2.35. The van der Waals surface area contributed by atoms with Gasteiger partial charge in [-0.05, 0) is 30.4 Å². The molecule has 1 aliphatic rings. The third-order valence-corrected chi connectivity index (χ3v) is 4.77. The molecule has 3 rings (SSSR count). The van der Waals surface area contributed by atoms with Crippen LogP contribution in [0.15, 0.2) is 12.1 Å². The molecule has 0 spiro atoms. The average Bonchev–Trinajstić information content (AvgIpc) is 2.75. The molecular formula is C15H19F2N3. The summed E-state index contributed by atoms with van der Waals surface area (Å²) in [6, 6.07) is 2.67. The van der Waals surface area contributed by atoms with Crippen molar-refractivity contribution in [1.29, 1.82) is 0 Å². The Morgan fingerprint density at radius 2 is 2.00 bits per heavy atom. The molecule has 1 heterocycles. The van der Waals surface area contributed by atoms with Crippen molar-refractivity contribution >= 4 is 17.0 Å². The molecule has 108 valence electrons. The third kappa shape index (κ3) is 1.87. The van der Waals surface area contributed by atoms with E-state index in [9.17, 15) is 8.78 Å². The second-order valence-corrected chi connectivity index (χ2v) is 5.90. The van der Waals surface area contributed by atoms with E-state index < -0.39 is 11.6 Å². The van der Waals surface area contributed by atoms with Gasteiger partial charge in [0.1, 0.15) is 5.52 Å². The maximum atomic E-state index is 14.2. The molecule has 0 saturated heterocycles. The first-order valence-electron chi connectivity index (χ1n) is 7.12. The van der Waals surface area contributed by atoms with Crippen LogP contribution < -0.4 is 5.73 Å². The molecule has 0 aliphatic heterocycles. The molecule has 5 heteroatoms. The fraction of sp³-hybridized carbons (Fsp3) is 0.533. The Kier molecular flexibility index (Phi) is 3.15. The first kappa shape index (κ1) is 13.3. The number of anilines is 1. The predicted molar refractivity (Wildman–Crippen MR) is 75.3 cm³/mol. The Morgan fingerprint density at radius 1 is 1.25 bits per heavy atom. The fourth-order valence-electron chi connectivity index (χ4n) is 3.39. The maximum absolute atomic E-state index is 14.2. The van der Waals surface area contributed by atoms with Crippen molar-refractivity contribution in [2.45, 2.75) is 39.2 Å². The molecule has 1 aliphatic carbocycles. The van der Waals surface area contributed by atoms with Crippen LogP contribution in [-0.2, 0) is 0 Å². The summed E-state index contributed by atoms with van der Waals surface area (Å²) in [5.74, 6) is -0.518. The van der Waals surface area contributed by atoms with Crippen LogP contribution >= 0.6 is 0 Å². The van der Waals surface area contributed by atoms with E-state index in [1.165, 1.54) is 12.5 Å². The van der Waals surface area contributed by atoms with E-state index in [2.05, 4.69) is 18.8 Å². The molecule has 1 aromatic carbocycles. The SMILES string of the molecule is CC1CCCC(n2c(N)nc3ccc(F)c(F)c32)C1C. The topological polar surface area (TPSA) is 43.8 Å². The van der Waals surface area contributed by atoms with Gasteiger partial charge in [-0.15, -0.1) is 0 Å². The number of halogens is 2. The molecular weight excluding hydrogens is 260 g/mol. The number of imidazole rings is 1. The van der Waals surface area contributed by atoms with Gasteiger partial charge in [-0.2, -0.15) is 0 Å². The Balaban J connectivity index is 2.20. The lowest BCUT2D eigenvalue weighted by molar-refractivity contribution is 0.190. The predicted octanol–water partition coefficient (Wildman–Crippen LogP) is 3.89. The van der Waals surface area contributed by atoms with Gasteiger partial charge in [-0.25, -0.2) is 13.8 Å². The molecule has 0 bridgehead atoms. The van der Waals surface area contributed by atoms with Crippen molar-refractivity contribution < 1.29 is 8.78 Å². The normalized spacial score (nSPS) is 27.1. The highest BCUT2D eigenvalue weighted by molar-refractivity contribution is 5.79. The van der Waals surface area contributed by atoms with Crippen molar-refractivity contribution in [1.82, 2.24) is 9.55 Å². The van der Waals surface area contributed by atoms with Crippen LogP contribution in [-0.4, -0.2) is 9.55 Å². The zero-order chi connectivity index (χ0) is 14.4. The van der Waals surface area contributed by atoms with Gasteiger partial charge in [0, 0.05) is 6.04 Å². The van der Waals surface area contributed by atoms with Gasteiger partial charge in [0.25, 0.3) is 0 Å². The maximum Gasteiger partial charge on any atom is 0.201 e. The second-order valence-electron chi connectivity index (χ2n) is 5.90. The molecule has 3 atom stereocenters. The van der Waals surface area contributed by atoms with Gasteiger partial charge < -0.3 is 10.3 Å². The quantitative estimate of drug-likeness (QED) is 0.860. The third-order valence-electron chi connectivity index (χ3n) is 4.77. The highest BCUT2D eigenvalue weighted by Crippen LogP contribution is 2.41. The van der Waals surface area contributed by atoms with E-state index in [0.29, 0.717) is 17.4 Å². The number of nitrogens with zero attached hydrogens (tertiary/aromatic N) is 2. The van der Waals surface area contributed by atoms with Gasteiger partial charge in [-0.1, -0.05) is 26.7 Å². The number of hydrogen-bond acceptors (Lipinski definition) is 2. The van der Waals surface area contributed by atoms with Crippen LogP contribution in [0.1, 0.15) is 39.2 Å². The minimum absolute atomic E-state index is 0.0834.